The number of carbonyl (C=O) groups excluding carboxylic acids is 1. The van der Waals surface area contributed by atoms with Crippen molar-refractivity contribution in [2.75, 3.05) is 19.0 Å². The molecule has 0 saturated heterocycles. The number of ether oxygens (including phenoxy) is 1. The van der Waals surface area contributed by atoms with Gasteiger partial charge in [-0.05, 0) is 61.9 Å². The first-order valence-electron chi connectivity index (χ1n) is 12.9. The molecule has 0 aliphatic carbocycles. The second kappa shape index (κ2) is 12.7. The highest BCUT2D eigenvalue weighted by Crippen LogP contribution is 2.28. The molecule has 1 unspecified atom stereocenters. The molecule has 7 nitrogen and oxygen atoms in total. The summed E-state index contributed by atoms with van der Waals surface area (Å²) in [6.45, 7) is 4.60. The zero-order chi connectivity index (χ0) is 27.1. The van der Waals surface area contributed by atoms with Crippen molar-refractivity contribution in [1.82, 2.24) is 14.5 Å². The van der Waals surface area contributed by atoms with Gasteiger partial charge in [0.05, 0.1) is 29.7 Å². The fourth-order valence-electron chi connectivity index (χ4n) is 4.53. The van der Waals surface area contributed by atoms with Crippen molar-refractivity contribution >= 4 is 38.6 Å². The quantitative estimate of drug-likeness (QED) is 0.200. The highest BCUT2D eigenvalue weighted by Gasteiger charge is 2.27. The van der Waals surface area contributed by atoms with Crippen LogP contribution in [0.1, 0.15) is 51.4 Å². The van der Waals surface area contributed by atoms with Gasteiger partial charge in [-0.2, -0.15) is 0 Å². The summed E-state index contributed by atoms with van der Waals surface area (Å²) in [7, 11) is 1.58. The molecule has 1 aromatic heterocycles. The average molecular weight is 578 g/mol. The molecular formula is C30H33BrN4O3. The Kier molecular flexibility index (Phi) is 9.18. The van der Waals surface area contributed by atoms with E-state index in [-0.39, 0.29) is 11.6 Å². The molecular weight excluding hydrogens is 544 g/mol. The van der Waals surface area contributed by atoms with Gasteiger partial charge in [0.1, 0.15) is 11.6 Å². The lowest BCUT2D eigenvalue weighted by Gasteiger charge is -2.31. The van der Waals surface area contributed by atoms with Crippen LogP contribution in [-0.4, -0.2) is 34.1 Å². The number of halogens is 1. The predicted octanol–water partition coefficient (Wildman–Crippen LogP) is 7.33. The molecule has 8 heteroatoms. The third kappa shape index (κ3) is 6.07. The summed E-state index contributed by atoms with van der Waals surface area (Å²) in [5.41, 5.74) is 1.66. The smallest absolute Gasteiger partial charge is 0.322 e. The second-order valence-corrected chi connectivity index (χ2v) is 10.1. The molecule has 0 aliphatic rings. The van der Waals surface area contributed by atoms with Crippen molar-refractivity contribution < 1.29 is 9.53 Å². The van der Waals surface area contributed by atoms with E-state index in [1.54, 1.807) is 22.6 Å². The first-order valence-corrected chi connectivity index (χ1v) is 13.7. The van der Waals surface area contributed by atoms with Crippen molar-refractivity contribution in [3.8, 4) is 11.4 Å². The number of urea groups is 1. The molecule has 0 saturated carbocycles. The van der Waals surface area contributed by atoms with Crippen LogP contribution in [0.5, 0.6) is 5.75 Å². The molecule has 38 heavy (non-hydrogen) atoms. The van der Waals surface area contributed by atoms with Crippen LogP contribution >= 0.6 is 15.9 Å². The van der Waals surface area contributed by atoms with Crippen molar-refractivity contribution in [3.05, 3.63) is 93.4 Å². The molecule has 4 aromatic rings. The van der Waals surface area contributed by atoms with E-state index in [2.05, 4.69) is 28.2 Å². The Balaban J connectivity index is 1.82. The number of rotatable bonds is 10. The van der Waals surface area contributed by atoms with Crippen LogP contribution in [-0.2, 0) is 0 Å². The molecule has 1 atom stereocenters. The summed E-state index contributed by atoms with van der Waals surface area (Å²) < 4.78 is 8.12. The maximum atomic E-state index is 13.9. The summed E-state index contributed by atoms with van der Waals surface area (Å²) >= 11 is 3.44. The van der Waals surface area contributed by atoms with Gasteiger partial charge in [0, 0.05) is 16.7 Å². The van der Waals surface area contributed by atoms with Gasteiger partial charge in [0.2, 0.25) is 0 Å². The minimum Gasteiger partial charge on any atom is -0.495 e. The van der Waals surface area contributed by atoms with Crippen LogP contribution in [0.15, 0.2) is 82.1 Å². The summed E-state index contributed by atoms with van der Waals surface area (Å²) in [5.74, 6) is 1.02. The number of para-hydroxylation sites is 3. The van der Waals surface area contributed by atoms with E-state index in [0.29, 0.717) is 40.4 Å². The number of fused-ring (bicyclic) bond motifs is 1. The second-order valence-electron chi connectivity index (χ2n) is 9.17. The monoisotopic (exact) mass is 576 g/mol. The summed E-state index contributed by atoms with van der Waals surface area (Å²) in [5, 5.41) is 3.52. The average Bonchev–Trinajstić information content (AvgIpc) is 2.94. The summed E-state index contributed by atoms with van der Waals surface area (Å²) in [6, 6.07) is 21.4. The molecule has 0 fully saturated rings. The van der Waals surface area contributed by atoms with Gasteiger partial charge >= 0.3 is 6.03 Å². The Morgan fingerprint density at radius 3 is 2.47 bits per heavy atom. The number of anilines is 1. The van der Waals surface area contributed by atoms with Gasteiger partial charge in [-0.25, -0.2) is 9.78 Å². The van der Waals surface area contributed by atoms with Crippen LogP contribution < -0.4 is 15.6 Å². The summed E-state index contributed by atoms with van der Waals surface area (Å²) in [6.07, 6.45) is 4.05. The topological polar surface area (TPSA) is 76.5 Å². The number of amides is 2. The number of methoxy groups -OCH3 is 1. The van der Waals surface area contributed by atoms with Crippen LogP contribution in [0.4, 0.5) is 10.5 Å². The van der Waals surface area contributed by atoms with E-state index in [9.17, 15) is 9.59 Å². The van der Waals surface area contributed by atoms with E-state index >= 15 is 0 Å². The molecule has 4 rings (SSSR count). The summed E-state index contributed by atoms with van der Waals surface area (Å²) in [4.78, 5) is 34.2. The third-order valence-corrected chi connectivity index (χ3v) is 7.11. The SMILES string of the molecule is CCCCCCN(C(=O)Nc1ccc(Br)cc1)C(C)c1nc2ccccc2c(=O)n1-c1ccccc1OC. The molecule has 0 spiro atoms. The molecule has 198 valence electrons. The molecule has 0 aliphatic heterocycles. The Morgan fingerprint density at radius 2 is 1.74 bits per heavy atom. The van der Waals surface area contributed by atoms with Crippen molar-refractivity contribution in [3.63, 3.8) is 0 Å². The largest absolute Gasteiger partial charge is 0.495 e. The molecule has 3 aromatic carbocycles. The third-order valence-electron chi connectivity index (χ3n) is 6.58. The normalized spacial score (nSPS) is 11.8. The van der Waals surface area contributed by atoms with Crippen LogP contribution in [0, 0.1) is 0 Å². The lowest BCUT2D eigenvalue weighted by molar-refractivity contribution is 0.187. The molecule has 0 radical (unpaired) electrons. The number of hydrogen-bond donors (Lipinski definition) is 1. The number of nitrogens with zero attached hydrogens (tertiary/aromatic N) is 3. The zero-order valence-corrected chi connectivity index (χ0v) is 23.6. The Labute approximate surface area is 231 Å². The highest BCUT2D eigenvalue weighted by molar-refractivity contribution is 9.10. The van der Waals surface area contributed by atoms with E-state index in [4.69, 9.17) is 9.72 Å². The van der Waals surface area contributed by atoms with Gasteiger partial charge in [-0.3, -0.25) is 9.36 Å². The molecule has 2 amide bonds. The predicted molar refractivity (Wildman–Crippen MR) is 156 cm³/mol. The van der Waals surface area contributed by atoms with Gasteiger partial charge < -0.3 is 15.0 Å². The first kappa shape index (κ1) is 27.4. The fraction of sp³-hybridized carbons (Fsp3) is 0.300. The molecule has 1 N–H and O–H groups in total. The standard InChI is InChI=1S/C30H33BrN4O3/c1-4-5-6-11-20-34(30(37)32-23-18-16-22(31)17-19-23)21(2)28-33-25-13-8-7-12-24(25)29(36)35(28)26-14-9-10-15-27(26)38-3/h7-10,12-19,21H,4-6,11,20H2,1-3H3,(H,32,37). The Bertz CT molecular complexity index is 1450. The molecule has 0 bridgehead atoms. The molecule has 1 heterocycles. The van der Waals surface area contributed by atoms with Crippen LogP contribution in [0.2, 0.25) is 0 Å². The van der Waals surface area contributed by atoms with E-state index in [1.165, 1.54) is 0 Å². The first-order chi connectivity index (χ1) is 18.4. The van der Waals surface area contributed by atoms with E-state index in [1.807, 2.05) is 73.7 Å². The van der Waals surface area contributed by atoms with Gasteiger partial charge in [-0.15, -0.1) is 0 Å². The highest BCUT2D eigenvalue weighted by atomic mass is 79.9. The van der Waals surface area contributed by atoms with Gasteiger partial charge in [0.15, 0.2) is 0 Å². The fourth-order valence-corrected chi connectivity index (χ4v) is 4.79. The number of unbranched alkanes of at least 4 members (excludes halogenated alkanes) is 3. The minimum absolute atomic E-state index is 0.207. The zero-order valence-electron chi connectivity index (χ0n) is 22.0. The van der Waals surface area contributed by atoms with Crippen molar-refractivity contribution in [2.45, 2.75) is 45.6 Å². The van der Waals surface area contributed by atoms with Crippen LogP contribution in [0.3, 0.4) is 0 Å². The lowest BCUT2D eigenvalue weighted by atomic mass is 10.1. The number of hydrogen-bond acceptors (Lipinski definition) is 4. The number of aromatic nitrogens is 2. The Morgan fingerprint density at radius 1 is 1.03 bits per heavy atom. The van der Waals surface area contributed by atoms with E-state index in [0.717, 1.165) is 30.2 Å². The number of benzene rings is 3. The lowest BCUT2D eigenvalue weighted by Crippen LogP contribution is -2.40. The number of nitrogens with one attached hydrogen (secondary N) is 1. The maximum Gasteiger partial charge on any atom is 0.322 e. The minimum atomic E-state index is -0.505. The number of carbonyl (C=O) groups is 1. The van der Waals surface area contributed by atoms with E-state index < -0.39 is 6.04 Å². The maximum absolute atomic E-state index is 13.9. The van der Waals surface area contributed by atoms with Gasteiger partial charge in [0.25, 0.3) is 5.56 Å². The van der Waals surface area contributed by atoms with Gasteiger partial charge in [-0.1, -0.05) is 66.4 Å². The van der Waals surface area contributed by atoms with Crippen LogP contribution in [0.25, 0.3) is 16.6 Å². The van der Waals surface area contributed by atoms with Crippen molar-refractivity contribution in [2.24, 2.45) is 0 Å². The van der Waals surface area contributed by atoms with Crippen molar-refractivity contribution in [1.29, 1.82) is 0 Å². The Hall–Kier alpha value is -3.65.